The summed E-state index contributed by atoms with van der Waals surface area (Å²) in [6.07, 6.45) is 0. The number of urea groups is 1. The fraction of sp³-hybridized carbons (Fsp3) is 0.312. The number of esters is 1. The summed E-state index contributed by atoms with van der Waals surface area (Å²) in [6.45, 7) is 1.32. The quantitative estimate of drug-likeness (QED) is 0.238. The van der Waals surface area contributed by atoms with Crippen molar-refractivity contribution in [1.82, 2.24) is 16.1 Å². The number of hydrogen-bond acceptors (Lipinski definition) is 7. The maximum absolute atomic E-state index is 12.1. The highest BCUT2D eigenvalue weighted by Crippen LogP contribution is 2.34. The molecule has 10 nitrogen and oxygen atoms in total. The van der Waals surface area contributed by atoms with E-state index in [9.17, 15) is 14.4 Å². The van der Waals surface area contributed by atoms with Crippen LogP contribution in [0.1, 0.15) is 18.5 Å². The van der Waals surface area contributed by atoms with Gasteiger partial charge in [-0.05, 0) is 24.6 Å². The minimum atomic E-state index is -0.730. The lowest BCUT2D eigenvalue weighted by Gasteiger charge is -2.28. The first kappa shape index (κ1) is 19.1. The summed E-state index contributed by atoms with van der Waals surface area (Å²) in [4.78, 5) is 35.1. The van der Waals surface area contributed by atoms with Crippen molar-refractivity contribution >= 4 is 17.9 Å². The second-order valence-electron chi connectivity index (χ2n) is 5.33. The number of carbonyl (C=O) groups is 3. The minimum absolute atomic E-state index is 0.269. The zero-order chi connectivity index (χ0) is 19.3. The fourth-order valence-electron chi connectivity index (χ4n) is 2.49. The molecular formula is C16H20N4O6. The van der Waals surface area contributed by atoms with Crippen LogP contribution in [0, 0.1) is 0 Å². The van der Waals surface area contributed by atoms with Crippen LogP contribution in [0.2, 0.25) is 0 Å². The van der Waals surface area contributed by atoms with Crippen LogP contribution in [0.25, 0.3) is 0 Å². The summed E-state index contributed by atoms with van der Waals surface area (Å²) in [7, 11) is 2.69. The number of benzene rings is 1. The number of allylic oxidation sites excluding steroid dienone is 1. The Morgan fingerprint density at radius 3 is 2.62 bits per heavy atom. The van der Waals surface area contributed by atoms with Crippen LogP contribution in [0.15, 0.2) is 29.5 Å². The van der Waals surface area contributed by atoms with Crippen LogP contribution in [-0.2, 0) is 14.3 Å². The summed E-state index contributed by atoms with van der Waals surface area (Å²) in [6, 6.07) is 3.63. The highest BCUT2D eigenvalue weighted by molar-refractivity contribution is 5.95. The maximum Gasteiger partial charge on any atom is 0.337 e. The predicted molar refractivity (Wildman–Crippen MR) is 89.9 cm³/mol. The van der Waals surface area contributed by atoms with Crippen molar-refractivity contribution in [3.8, 4) is 11.5 Å². The molecule has 1 aliphatic heterocycles. The molecule has 26 heavy (non-hydrogen) atoms. The predicted octanol–water partition coefficient (Wildman–Crippen LogP) is -0.135. The molecule has 1 aromatic carbocycles. The van der Waals surface area contributed by atoms with Gasteiger partial charge in [-0.1, -0.05) is 6.07 Å². The van der Waals surface area contributed by atoms with Crippen LogP contribution >= 0.6 is 0 Å². The second-order valence-corrected chi connectivity index (χ2v) is 5.33. The summed E-state index contributed by atoms with van der Waals surface area (Å²) in [5.41, 5.74) is 3.19. The molecule has 0 aromatic heterocycles. The Labute approximate surface area is 149 Å². The molecule has 10 heteroatoms. The molecule has 5 N–H and O–H groups in total. The van der Waals surface area contributed by atoms with Crippen molar-refractivity contribution in [2.75, 3.05) is 20.8 Å². The number of nitrogens with two attached hydrogens (primary N) is 1. The Balaban J connectivity index is 2.37. The van der Waals surface area contributed by atoms with Gasteiger partial charge in [0.15, 0.2) is 18.1 Å². The monoisotopic (exact) mass is 364 g/mol. The van der Waals surface area contributed by atoms with E-state index < -0.39 is 23.9 Å². The van der Waals surface area contributed by atoms with Crippen molar-refractivity contribution in [3.63, 3.8) is 0 Å². The normalized spacial score (nSPS) is 16.3. The lowest BCUT2D eigenvalue weighted by Crippen LogP contribution is -2.45. The van der Waals surface area contributed by atoms with E-state index in [0.717, 1.165) is 0 Å². The Kier molecular flexibility index (Phi) is 6.02. The third kappa shape index (κ3) is 4.03. The first-order chi connectivity index (χ1) is 12.4. The molecule has 1 unspecified atom stereocenters. The van der Waals surface area contributed by atoms with E-state index in [4.69, 9.17) is 20.1 Å². The van der Waals surface area contributed by atoms with Gasteiger partial charge in [-0.25, -0.2) is 15.4 Å². The number of methoxy groups -OCH3 is 2. The van der Waals surface area contributed by atoms with E-state index in [0.29, 0.717) is 22.8 Å². The Hall–Kier alpha value is -3.27. The van der Waals surface area contributed by atoms with Crippen molar-refractivity contribution in [2.45, 2.75) is 13.0 Å². The second kappa shape index (κ2) is 8.21. The largest absolute Gasteiger partial charge is 0.493 e. The molecule has 2 rings (SSSR count). The third-order valence-corrected chi connectivity index (χ3v) is 3.72. The van der Waals surface area contributed by atoms with Crippen molar-refractivity contribution in [2.24, 2.45) is 5.84 Å². The average molecular weight is 364 g/mol. The van der Waals surface area contributed by atoms with Crippen LogP contribution in [-0.4, -0.2) is 38.7 Å². The first-order valence-electron chi connectivity index (χ1n) is 7.58. The lowest BCUT2D eigenvalue weighted by molar-refractivity contribution is -0.136. The van der Waals surface area contributed by atoms with Crippen molar-refractivity contribution in [3.05, 3.63) is 35.0 Å². The Morgan fingerprint density at radius 2 is 2.00 bits per heavy atom. The number of ether oxygens (including phenoxy) is 3. The third-order valence-electron chi connectivity index (χ3n) is 3.72. The van der Waals surface area contributed by atoms with Crippen LogP contribution in [0.4, 0.5) is 4.79 Å². The lowest BCUT2D eigenvalue weighted by atomic mass is 9.95. The number of amides is 3. The summed E-state index contributed by atoms with van der Waals surface area (Å²) >= 11 is 0. The molecule has 0 aliphatic carbocycles. The number of carbonyl (C=O) groups excluding carboxylic acids is 3. The molecule has 1 heterocycles. The van der Waals surface area contributed by atoms with Gasteiger partial charge in [0, 0.05) is 5.70 Å². The van der Waals surface area contributed by atoms with E-state index in [2.05, 4.69) is 10.6 Å². The highest BCUT2D eigenvalue weighted by atomic mass is 16.5. The van der Waals surface area contributed by atoms with Gasteiger partial charge in [-0.15, -0.1) is 0 Å². The van der Waals surface area contributed by atoms with Crippen LogP contribution in [0.3, 0.4) is 0 Å². The standard InChI is InChI=1S/C16H20N4O6/c1-8-13(15(22)25-3)14(19-16(23)18-8)9-4-5-10(11(6-9)24-2)26-7-12(21)20-17/h4-6,14H,7,17H2,1-3H3,(H,20,21)(H2,18,19,23). The molecule has 0 saturated carbocycles. The molecule has 1 atom stereocenters. The van der Waals surface area contributed by atoms with Gasteiger partial charge in [0.1, 0.15) is 0 Å². The maximum atomic E-state index is 12.1. The smallest absolute Gasteiger partial charge is 0.337 e. The van der Waals surface area contributed by atoms with Crippen molar-refractivity contribution in [1.29, 1.82) is 0 Å². The molecule has 1 aromatic rings. The number of nitrogens with one attached hydrogen (secondary N) is 3. The van der Waals surface area contributed by atoms with E-state index >= 15 is 0 Å². The van der Waals surface area contributed by atoms with Gasteiger partial charge in [0.05, 0.1) is 25.8 Å². The molecule has 140 valence electrons. The Morgan fingerprint density at radius 1 is 1.27 bits per heavy atom. The molecule has 0 bridgehead atoms. The van der Waals surface area contributed by atoms with E-state index in [1.54, 1.807) is 25.1 Å². The van der Waals surface area contributed by atoms with E-state index in [1.165, 1.54) is 14.2 Å². The zero-order valence-corrected chi connectivity index (χ0v) is 14.5. The SMILES string of the molecule is COC(=O)C1=C(C)NC(=O)NC1c1ccc(OCC(=O)NN)c(OC)c1. The minimum Gasteiger partial charge on any atom is -0.493 e. The topological polar surface area (TPSA) is 141 Å². The van der Waals surface area contributed by atoms with E-state index in [1.807, 2.05) is 5.43 Å². The summed E-state index contributed by atoms with van der Waals surface area (Å²) < 4.78 is 15.4. The summed E-state index contributed by atoms with van der Waals surface area (Å²) in [5, 5.41) is 5.21. The Bertz CT molecular complexity index is 761. The van der Waals surface area contributed by atoms with Gasteiger partial charge < -0.3 is 24.8 Å². The van der Waals surface area contributed by atoms with Gasteiger partial charge in [0.2, 0.25) is 0 Å². The molecule has 0 spiro atoms. The molecule has 0 fully saturated rings. The van der Waals surface area contributed by atoms with Gasteiger partial charge in [-0.2, -0.15) is 0 Å². The van der Waals surface area contributed by atoms with Gasteiger partial charge in [-0.3, -0.25) is 10.2 Å². The van der Waals surface area contributed by atoms with Crippen LogP contribution < -0.4 is 31.4 Å². The molecule has 0 saturated heterocycles. The fourth-order valence-corrected chi connectivity index (χ4v) is 2.49. The van der Waals surface area contributed by atoms with E-state index in [-0.39, 0.29) is 12.2 Å². The highest BCUT2D eigenvalue weighted by Gasteiger charge is 2.32. The first-order valence-corrected chi connectivity index (χ1v) is 7.58. The molecule has 0 radical (unpaired) electrons. The number of rotatable bonds is 6. The van der Waals surface area contributed by atoms with Crippen LogP contribution in [0.5, 0.6) is 11.5 Å². The van der Waals surface area contributed by atoms with Gasteiger partial charge >= 0.3 is 12.0 Å². The number of hydrogen-bond donors (Lipinski definition) is 4. The summed E-state index contributed by atoms with van der Waals surface area (Å²) in [5.74, 6) is 4.56. The zero-order valence-electron chi connectivity index (χ0n) is 14.5. The number of hydrazine groups is 1. The molecular weight excluding hydrogens is 344 g/mol. The average Bonchev–Trinajstić information content (AvgIpc) is 2.64. The van der Waals surface area contributed by atoms with Crippen molar-refractivity contribution < 1.29 is 28.6 Å². The molecule has 1 aliphatic rings. The van der Waals surface area contributed by atoms with Gasteiger partial charge in [0.25, 0.3) is 5.91 Å². The molecule has 3 amide bonds.